The maximum Gasteiger partial charge on any atom is 0.257 e. The number of hydrogen-bond acceptors (Lipinski definition) is 3. The molecule has 5 nitrogen and oxygen atoms in total. The lowest BCUT2D eigenvalue weighted by atomic mass is 10.0. The summed E-state index contributed by atoms with van der Waals surface area (Å²) in [5, 5.41) is 1.58. The Hall–Kier alpha value is -3.09. The third-order valence-electron chi connectivity index (χ3n) is 5.59. The van der Waals surface area contributed by atoms with E-state index in [0.29, 0.717) is 12.1 Å². The summed E-state index contributed by atoms with van der Waals surface area (Å²) >= 11 is 0. The molecule has 4 rings (SSSR count). The van der Waals surface area contributed by atoms with Crippen LogP contribution < -0.4 is 10.3 Å². The zero-order valence-corrected chi connectivity index (χ0v) is 20.1. The third-order valence-corrected chi connectivity index (χ3v) is 7.29. The highest BCUT2D eigenvalue weighted by atomic mass is 28.3. The number of aromatic nitrogens is 2. The average molecular weight is 447 g/mol. The van der Waals surface area contributed by atoms with Crippen molar-refractivity contribution in [3.63, 3.8) is 0 Å². The van der Waals surface area contributed by atoms with E-state index in [9.17, 15) is 4.79 Å². The number of H-pyrrole nitrogens is 1. The van der Waals surface area contributed by atoms with Crippen molar-refractivity contribution < 1.29 is 9.47 Å². The van der Waals surface area contributed by atoms with Crippen molar-refractivity contribution in [1.82, 2.24) is 9.55 Å². The Balaban J connectivity index is 1.70. The number of fused-ring (bicyclic) bond motifs is 1. The molecular weight excluding hydrogens is 416 g/mol. The highest BCUT2D eigenvalue weighted by molar-refractivity contribution is 6.76. The van der Waals surface area contributed by atoms with Gasteiger partial charge in [-0.3, -0.25) is 4.79 Å². The molecule has 0 radical (unpaired) electrons. The highest BCUT2D eigenvalue weighted by Gasteiger charge is 2.17. The second-order valence-corrected chi connectivity index (χ2v) is 14.9. The minimum Gasteiger partial charge on any atom is -0.457 e. The van der Waals surface area contributed by atoms with Gasteiger partial charge in [-0.1, -0.05) is 56.0 Å². The maximum absolute atomic E-state index is 12.7. The lowest BCUT2D eigenvalue weighted by molar-refractivity contribution is 0.0864. The van der Waals surface area contributed by atoms with Gasteiger partial charge < -0.3 is 19.0 Å². The zero-order chi connectivity index (χ0) is 22.7. The highest BCUT2D eigenvalue weighted by Crippen LogP contribution is 2.37. The van der Waals surface area contributed by atoms with Crippen LogP contribution in [-0.2, 0) is 11.5 Å². The van der Waals surface area contributed by atoms with E-state index in [2.05, 4.69) is 24.6 Å². The standard InChI is InChI=1S/C26H30N2O3Si/c1-19-25-23(17-28(19)18-30-14-15-32(2,3)4)22(16-27-26(25)29)21-12-8-9-13-24(21)31-20-10-6-5-7-11-20/h5-13,16-17H,14-15,18H2,1-4H3,(H,27,29). The van der Waals surface area contributed by atoms with Crippen molar-refractivity contribution in [3.05, 3.63) is 83.0 Å². The summed E-state index contributed by atoms with van der Waals surface area (Å²) in [4.78, 5) is 15.6. The summed E-state index contributed by atoms with van der Waals surface area (Å²) in [6.07, 6.45) is 3.79. The van der Waals surface area contributed by atoms with Gasteiger partial charge in [0.15, 0.2) is 0 Å². The van der Waals surface area contributed by atoms with Crippen LogP contribution >= 0.6 is 0 Å². The smallest absolute Gasteiger partial charge is 0.257 e. The second-order valence-electron chi connectivity index (χ2n) is 9.26. The Morgan fingerprint density at radius 3 is 2.44 bits per heavy atom. The fourth-order valence-electron chi connectivity index (χ4n) is 3.73. The van der Waals surface area contributed by atoms with Gasteiger partial charge in [0.25, 0.3) is 5.56 Å². The van der Waals surface area contributed by atoms with Crippen LogP contribution in [0.25, 0.3) is 21.9 Å². The average Bonchev–Trinajstić information content (AvgIpc) is 3.09. The summed E-state index contributed by atoms with van der Waals surface area (Å²) in [7, 11) is -1.14. The van der Waals surface area contributed by atoms with E-state index < -0.39 is 8.07 Å². The molecule has 4 aromatic rings. The molecule has 0 aliphatic heterocycles. The van der Waals surface area contributed by atoms with Gasteiger partial charge in [0.05, 0.1) is 5.39 Å². The molecular formula is C26H30N2O3Si. The second kappa shape index (κ2) is 9.18. The van der Waals surface area contributed by atoms with Gasteiger partial charge in [0.2, 0.25) is 0 Å². The van der Waals surface area contributed by atoms with Crippen LogP contribution in [0.5, 0.6) is 11.5 Å². The van der Waals surface area contributed by atoms with E-state index in [1.165, 1.54) is 0 Å². The molecule has 6 heteroatoms. The molecule has 0 bridgehead atoms. The van der Waals surface area contributed by atoms with Gasteiger partial charge in [-0.2, -0.15) is 0 Å². The van der Waals surface area contributed by atoms with Gasteiger partial charge in [0.1, 0.15) is 18.2 Å². The van der Waals surface area contributed by atoms with Gasteiger partial charge >= 0.3 is 0 Å². The van der Waals surface area contributed by atoms with Gasteiger partial charge in [-0.15, -0.1) is 0 Å². The lowest BCUT2D eigenvalue weighted by Gasteiger charge is -2.15. The van der Waals surface area contributed by atoms with Crippen molar-refractivity contribution in [2.24, 2.45) is 0 Å². The molecule has 0 aliphatic rings. The van der Waals surface area contributed by atoms with Crippen molar-refractivity contribution in [3.8, 4) is 22.6 Å². The Morgan fingerprint density at radius 1 is 0.969 bits per heavy atom. The van der Waals surface area contributed by atoms with Crippen LogP contribution in [-0.4, -0.2) is 24.2 Å². The number of benzene rings is 2. The molecule has 0 atom stereocenters. The molecule has 1 N–H and O–H groups in total. The Bertz CT molecular complexity index is 1270. The molecule has 0 aliphatic carbocycles. The number of hydrogen-bond donors (Lipinski definition) is 1. The number of ether oxygens (including phenoxy) is 2. The number of nitrogens with zero attached hydrogens (tertiary/aromatic N) is 1. The molecule has 0 amide bonds. The van der Waals surface area contributed by atoms with Crippen LogP contribution in [0.15, 0.2) is 71.8 Å². The predicted molar refractivity (Wildman–Crippen MR) is 133 cm³/mol. The van der Waals surface area contributed by atoms with Crippen LogP contribution in [0.2, 0.25) is 25.7 Å². The fraction of sp³-hybridized carbons (Fsp3) is 0.269. The summed E-state index contributed by atoms with van der Waals surface area (Å²) in [5.74, 6) is 1.51. The van der Waals surface area contributed by atoms with Crippen LogP contribution in [0, 0.1) is 6.92 Å². The van der Waals surface area contributed by atoms with Crippen LogP contribution in [0.4, 0.5) is 0 Å². The van der Waals surface area contributed by atoms with Crippen molar-refractivity contribution >= 4 is 18.8 Å². The van der Waals surface area contributed by atoms with E-state index in [0.717, 1.165) is 46.4 Å². The van der Waals surface area contributed by atoms with Gasteiger partial charge in [-0.05, 0) is 31.2 Å². The summed E-state index contributed by atoms with van der Waals surface area (Å²) in [5.41, 5.74) is 2.66. The van der Waals surface area contributed by atoms with E-state index >= 15 is 0 Å². The summed E-state index contributed by atoms with van der Waals surface area (Å²) < 4.78 is 14.1. The number of nitrogens with one attached hydrogen (secondary N) is 1. The topological polar surface area (TPSA) is 56.2 Å². The molecule has 166 valence electrons. The zero-order valence-electron chi connectivity index (χ0n) is 19.1. The number of pyridine rings is 1. The molecule has 2 heterocycles. The number of aromatic amines is 1. The molecule has 0 spiro atoms. The summed E-state index contributed by atoms with van der Waals surface area (Å²) in [6, 6.07) is 18.7. The van der Waals surface area contributed by atoms with Gasteiger partial charge in [0, 0.05) is 49.3 Å². The molecule has 0 saturated carbocycles. The minimum absolute atomic E-state index is 0.0939. The van der Waals surface area contributed by atoms with Crippen molar-refractivity contribution in [2.75, 3.05) is 6.61 Å². The first-order valence-electron chi connectivity index (χ1n) is 10.9. The van der Waals surface area contributed by atoms with Crippen LogP contribution in [0.3, 0.4) is 0 Å². The monoisotopic (exact) mass is 446 g/mol. The van der Waals surface area contributed by atoms with Gasteiger partial charge in [-0.25, -0.2) is 0 Å². The van der Waals surface area contributed by atoms with Crippen molar-refractivity contribution in [2.45, 2.75) is 39.3 Å². The van der Waals surface area contributed by atoms with E-state index in [-0.39, 0.29) is 5.56 Å². The minimum atomic E-state index is -1.14. The maximum atomic E-state index is 12.7. The molecule has 0 saturated heterocycles. The van der Waals surface area contributed by atoms with E-state index in [4.69, 9.17) is 9.47 Å². The van der Waals surface area contributed by atoms with Crippen LogP contribution in [0.1, 0.15) is 5.69 Å². The van der Waals surface area contributed by atoms with E-state index in [1.54, 1.807) is 6.20 Å². The molecule has 2 aromatic carbocycles. The van der Waals surface area contributed by atoms with Crippen molar-refractivity contribution in [1.29, 1.82) is 0 Å². The molecule has 32 heavy (non-hydrogen) atoms. The molecule has 2 aromatic heterocycles. The van der Waals surface area contributed by atoms with E-state index in [1.807, 2.05) is 72.3 Å². The largest absolute Gasteiger partial charge is 0.457 e. The Labute approximate surface area is 189 Å². The SMILES string of the molecule is Cc1c2c(=O)[nH]cc(-c3ccccc3Oc3ccccc3)c2cn1COCC[Si](C)(C)C. The first-order valence-corrected chi connectivity index (χ1v) is 14.7. The first-order chi connectivity index (χ1) is 15.3. The quantitative estimate of drug-likeness (QED) is 0.251. The first kappa shape index (κ1) is 22.1. The Morgan fingerprint density at radius 2 is 1.69 bits per heavy atom. The predicted octanol–water partition coefficient (Wildman–Crippen LogP) is 6.41. The number of rotatable bonds is 8. The lowest BCUT2D eigenvalue weighted by Crippen LogP contribution is -2.22. The molecule has 0 fully saturated rings. The molecule has 0 unspecified atom stereocenters. The number of aryl methyl sites for hydroxylation is 1. The third kappa shape index (κ3) is 4.87. The fourth-order valence-corrected chi connectivity index (χ4v) is 4.48. The number of para-hydroxylation sites is 2. The Kier molecular flexibility index (Phi) is 6.35. The normalized spacial score (nSPS) is 11.8. The summed E-state index contributed by atoms with van der Waals surface area (Å²) in [6.45, 7) is 10.2.